The predicted molar refractivity (Wildman–Crippen MR) is 83.0 cm³/mol. The van der Waals surface area contributed by atoms with Gasteiger partial charge in [-0.25, -0.2) is 4.98 Å². The van der Waals surface area contributed by atoms with Gasteiger partial charge in [-0.1, -0.05) is 22.0 Å². The molecule has 3 nitrogen and oxygen atoms in total. The number of thiazole rings is 1. The van der Waals surface area contributed by atoms with Crippen LogP contribution in [0.25, 0.3) is 0 Å². The highest BCUT2D eigenvalue weighted by Crippen LogP contribution is 2.30. The number of ether oxygens (including phenoxy) is 1. The number of benzene rings is 1. The van der Waals surface area contributed by atoms with Crippen molar-refractivity contribution in [3.63, 3.8) is 0 Å². The number of nitrogens with one attached hydrogen (secondary N) is 1. The third-order valence-electron chi connectivity index (χ3n) is 2.96. The molecule has 0 fully saturated rings. The molecule has 2 aromatic rings. The van der Waals surface area contributed by atoms with Crippen molar-refractivity contribution >= 4 is 27.3 Å². The van der Waals surface area contributed by atoms with Gasteiger partial charge in [-0.15, -0.1) is 11.3 Å². The van der Waals surface area contributed by atoms with Crippen LogP contribution in [0, 0.1) is 6.92 Å². The lowest BCUT2D eigenvalue weighted by molar-refractivity contribution is 0.401. The van der Waals surface area contributed by atoms with Crippen LogP contribution in [0.1, 0.15) is 22.3 Å². The zero-order chi connectivity index (χ0) is 13.8. The molecule has 0 aliphatic rings. The van der Waals surface area contributed by atoms with Crippen LogP contribution in [0.2, 0.25) is 0 Å². The highest BCUT2D eigenvalue weighted by molar-refractivity contribution is 9.10. The maximum absolute atomic E-state index is 5.46. The van der Waals surface area contributed by atoms with Crippen molar-refractivity contribution in [3.05, 3.63) is 44.3 Å². The minimum absolute atomic E-state index is 0.202. The second-order valence-electron chi connectivity index (χ2n) is 4.31. The highest BCUT2D eigenvalue weighted by Gasteiger charge is 2.16. The van der Waals surface area contributed by atoms with Gasteiger partial charge in [0.1, 0.15) is 5.75 Å². The van der Waals surface area contributed by atoms with Gasteiger partial charge in [0.2, 0.25) is 0 Å². The van der Waals surface area contributed by atoms with E-state index in [4.69, 9.17) is 4.74 Å². The number of methoxy groups -OCH3 is 1. The van der Waals surface area contributed by atoms with Crippen molar-refractivity contribution in [1.29, 1.82) is 0 Å². The fourth-order valence-corrected chi connectivity index (χ4v) is 3.17. The van der Waals surface area contributed by atoms with Gasteiger partial charge >= 0.3 is 0 Å². The Hall–Kier alpha value is -0.910. The van der Waals surface area contributed by atoms with Crippen molar-refractivity contribution in [1.82, 2.24) is 10.3 Å². The molecule has 0 amide bonds. The van der Waals surface area contributed by atoms with Gasteiger partial charge in [0, 0.05) is 33.6 Å². The van der Waals surface area contributed by atoms with Crippen LogP contribution in [-0.2, 0) is 6.42 Å². The zero-order valence-electron chi connectivity index (χ0n) is 11.2. The van der Waals surface area contributed by atoms with Gasteiger partial charge < -0.3 is 10.1 Å². The summed E-state index contributed by atoms with van der Waals surface area (Å²) in [5.41, 5.74) is 2.23. The van der Waals surface area contributed by atoms with Crippen LogP contribution in [0.3, 0.4) is 0 Å². The molecule has 1 aromatic heterocycles. The van der Waals surface area contributed by atoms with Gasteiger partial charge in [-0.05, 0) is 26.1 Å². The first-order chi connectivity index (χ1) is 9.13. The standard InChI is InChI=1S/C14H17BrN2OS/c1-9-8-19-14(17-9)7-12(16-2)11-5-4-10(15)6-13(11)18-3/h4-6,8,12,16H,7H2,1-3H3. The second kappa shape index (κ2) is 6.50. The first kappa shape index (κ1) is 14.5. The van der Waals surface area contributed by atoms with Crippen LogP contribution in [0.4, 0.5) is 0 Å². The van der Waals surface area contributed by atoms with E-state index in [-0.39, 0.29) is 6.04 Å². The normalized spacial score (nSPS) is 12.4. The summed E-state index contributed by atoms with van der Waals surface area (Å²) >= 11 is 5.17. The summed E-state index contributed by atoms with van der Waals surface area (Å²) in [5.74, 6) is 0.891. The Morgan fingerprint density at radius 1 is 1.47 bits per heavy atom. The molecule has 0 saturated heterocycles. The van der Waals surface area contributed by atoms with Crippen LogP contribution in [0.15, 0.2) is 28.1 Å². The summed E-state index contributed by atoms with van der Waals surface area (Å²) in [5, 5.41) is 6.57. The molecule has 0 aliphatic heterocycles. The minimum atomic E-state index is 0.202. The van der Waals surface area contributed by atoms with Crippen LogP contribution < -0.4 is 10.1 Å². The van der Waals surface area contributed by atoms with E-state index in [1.54, 1.807) is 18.4 Å². The summed E-state index contributed by atoms with van der Waals surface area (Å²) in [6.07, 6.45) is 0.868. The number of nitrogens with zero attached hydrogens (tertiary/aromatic N) is 1. The molecule has 2 rings (SSSR count). The Bertz CT molecular complexity index is 556. The van der Waals surface area contributed by atoms with Gasteiger partial charge in [-0.2, -0.15) is 0 Å². The molecule has 0 aliphatic carbocycles. The van der Waals surface area contributed by atoms with Crippen LogP contribution in [0.5, 0.6) is 5.75 Å². The third-order valence-corrected chi connectivity index (χ3v) is 4.45. The zero-order valence-corrected chi connectivity index (χ0v) is 13.6. The molecule has 1 N–H and O–H groups in total. The van der Waals surface area contributed by atoms with Gasteiger partial charge in [-0.3, -0.25) is 0 Å². The van der Waals surface area contributed by atoms with Crippen molar-refractivity contribution in [2.45, 2.75) is 19.4 Å². The number of aryl methyl sites for hydroxylation is 1. The lowest BCUT2D eigenvalue weighted by Crippen LogP contribution is -2.19. The molecular weight excluding hydrogens is 324 g/mol. The lowest BCUT2D eigenvalue weighted by atomic mass is 10.0. The van der Waals surface area contributed by atoms with E-state index in [1.165, 1.54) is 0 Å². The molecule has 0 saturated carbocycles. The summed E-state index contributed by atoms with van der Waals surface area (Å²) in [7, 11) is 3.66. The van der Waals surface area contributed by atoms with E-state index in [0.717, 1.165) is 32.9 Å². The molecule has 0 spiro atoms. The summed E-state index contributed by atoms with van der Waals surface area (Å²) in [6.45, 7) is 2.02. The predicted octanol–water partition coefficient (Wildman–Crippen LogP) is 3.73. The van der Waals surface area contributed by atoms with Crippen molar-refractivity contribution < 1.29 is 4.74 Å². The van der Waals surface area contributed by atoms with E-state index in [9.17, 15) is 0 Å². The van der Waals surface area contributed by atoms with E-state index >= 15 is 0 Å². The molecule has 1 atom stereocenters. The fourth-order valence-electron chi connectivity index (χ4n) is 2.01. The lowest BCUT2D eigenvalue weighted by Gasteiger charge is -2.18. The summed E-state index contributed by atoms with van der Waals surface area (Å²) < 4.78 is 6.49. The van der Waals surface area contributed by atoms with E-state index in [0.29, 0.717) is 0 Å². The fraction of sp³-hybridized carbons (Fsp3) is 0.357. The number of hydrogen-bond acceptors (Lipinski definition) is 4. The van der Waals surface area contributed by atoms with Gasteiger partial charge in [0.15, 0.2) is 0 Å². The van der Waals surface area contributed by atoms with Gasteiger partial charge in [0.05, 0.1) is 12.1 Å². The topological polar surface area (TPSA) is 34.2 Å². The molecule has 1 heterocycles. The third kappa shape index (κ3) is 3.55. The molecule has 0 bridgehead atoms. The summed E-state index contributed by atoms with van der Waals surface area (Å²) in [6, 6.07) is 6.32. The molecule has 19 heavy (non-hydrogen) atoms. The smallest absolute Gasteiger partial charge is 0.124 e. The van der Waals surface area contributed by atoms with E-state index < -0.39 is 0 Å². The monoisotopic (exact) mass is 340 g/mol. The maximum atomic E-state index is 5.46. The Morgan fingerprint density at radius 2 is 2.26 bits per heavy atom. The second-order valence-corrected chi connectivity index (χ2v) is 6.17. The Kier molecular flexibility index (Phi) is 4.96. The molecule has 5 heteroatoms. The van der Waals surface area contributed by atoms with E-state index in [2.05, 4.69) is 37.7 Å². The number of rotatable bonds is 5. The van der Waals surface area contributed by atoms with Crippen molar-refractivity contribution in [2.24, 2.45) is 0 Å². The van der Waals surface area contributed by atoms with Crippen molar-refractivity contribution in [3.8, 4) is 5.75 Å². The van der Waals surface area contributed by atoms with Crippen LogP contribution >= 0.6 is 27.3 Å². The Labute approximate surface area is 126 Å². The number of hydrogen-bond donors (Lipinski definition) is 1. The summed E-state index contributed by atoms with van der Waals surface area (Å²) in [4.78, 5) is 4.53. The molecule has 0 radical (unpaired) electrons. The largest absolute Gasteiger partial charge is 0.496 e. The number of aromatic nitrogens is 1. The first-order valence-electron chi connectivity index (χ1n) is 6.05. The van der Waals surface area contributed by atoms with Crippen LogP contribution in [-0.4, -0.2) is 19.1 Å². The quantitative estimate of drug-likeness (QED) is 0.900. The van der Waals surface area contributed by atoms with Crippen molar-refractivity contribution in [2.75, 3.05) is 14.2 Å². The minimum Gasteiger partial charge on any atom is -0.496 e. The maximum Gasteiger partial charge on any atom is 0.124 e. The Balaban J connectivity index is 2.26. The average molecular weight is 341 g/mol. The van der Waals surface area contributed by atoms with Gasteiger partial charge in [0.25, 0.3) is 0 Å². The SMILES string of the molecule is CNC(Cc1nc(C)cs1)c1ccc(Br)cc1OC. The molecule has 102 valence electrons. The van der Waals surface area contributed by atoms with E-state index in [1.807, 2.05) is 26.1 Å². The number of halogens is 1. The molecule has 1 aromatic carbocycles. The number of likely N-dealkylation sites (N-methyl/N-ethyl adjacent to an activating group) is 1. The Morgan fingerprint density at radius 3 is 2.84 bits per heavy atom. The molecule has 1 unspecified atom stereocenters. The first-order valence-corrected chi connectivity index (χ1v) is 7.73. The highest BCUT2D eigenvalue weighted by atomic mass is 79.9. The molecular formula is C14H17BrN2OS. The average Bonchev–Trinajstić information content (AvgIpc) is 2.81.